The fourth-order valence-electron chi connectivity index (χ4n) is 1.75. The molecule has 1 aliphatic carbocycles. The van der Waals surface area contributed by atoms with Crippen LogP contribution in [0, 0.1) is 10.8 Å². The van der Waals surface area contributed by atoms with Gasteiger partial charge in [-0.2, -0.15) is 0 Å². The van der Waals surface area contributed by atoms with Crippen LogP contribution in [0.3, 0.4) is 0 Å². The Morgan fingerprint density at radius 2 is 1.91 bits per heavy atom. The van der Waals surface area contributed by atoms with E-state index in [1.165, 1.54) is 0 Å². The van der Waals surface area contributed by atoms with Crippen LogP contribution in [0.25, 0.3) is 0 Å². The molecular formula is C9H14O2. The monoisotopic (exact) mass is 154 g/mol. The van der Waals surface area contributed by atoms with E-state index in [-0.39, 0.29) is 10.8 Å². The van der Waals surface area contributed by atoms with Gasteiger partial charge in [-0.3, -0.25) is 0 Å². The molecule has 2 nitrogen and oxygen atoms in total. The fraction of sp³-hybridized carbons (Fsp3) is 0.778. The maximum atomic E-state index is 10.7. The van der Waals surface area contributed by atoms with Crippen molar-refractivity contribution in [1.29, 1.82) is 0 Å². The second-order valence-electron chi connectivity index (χ2n) is 4.04. The summed E-state index contributed by atoms with van der Waals surface area (Å²) in [6, 6.07) is 0. The van der Waals surface area contributed by atoms with E-state index in [9.17, 15) is 9.59 Å². The standard InChI is InChI=1S/C9H14O2/c1-8(2)6-9(8,7-11)4-3-5-10/h5,7H,3-4,6H2,1-2H3. The van der Waals surface area contributed by atoms with Crippen molar-refractivity contribution < 1.29 is 9.59 Å². The van der Waals surface area contributed by atoms with Gasteiger partial charge in [0.15, 0.2) is 0 Å². The van der Waals surface area contributed by atoms with E-state index >= 15 is 0 Å². The minimum absolute atomic E-state index is 0.137. The molecule has 1 rings (SSSR count). The summed E-state index contributed by atoms with van der Waals surface area (Å²) in [6.45, 7) is 4.15. The van der Waals surface area contributed by atoms with Gasteiger partial charge < -0.3 is 9.59 Å². The molecule has 0 heterocycles. The summed E-state index contributed by atoms with van der Waals surface area (Å²) in [7, 11) is 0. The van der Waals surface area contributed by atoms with Crippen molar-refractivity contribution >= 4 is 12.6 Å². The zero-order valence-electron chi connectivity index (χ0n) is 7.09. The van der Waals surface area contributed by atoms with E-state index in [1.807, 2.05) is 0 Å². The van der Waals surface area contributed by atoms with E-state index in [0.717, 1.165) is 25.4 Å². The third kappa shape index (κ3) is 1.22. The molecule has 0 aliphatic heterocycles. The minimum Gasteiger partial charge on any atom is -0.303 e. The van der Waals surface area contributed by atoms with Crippen LogP contribution < -0.4 is 0 Å². The molecule has 1 fully saturated rings. The van der Waals surface area contributed by atoms with Gasteiger partial charge in [0.05, 0.1) is 0 Å². The Hall–Kier alpha value is -0.660. The SMILES string of the molecule is CC1(C)CC1(C=O)CCC=O. The molecular weight excluding hydrogens is 140 g/mol. The van der Waals surface area contributed by atoms with Crippen molar-refractivity contribution in [1.82, 2.24) is 0 Å². The first-order valence-electron chi connectivity index (χ1n) is 3.98. The number of carbonyl (C=O) groups excluding carboxylic acids is 2. The lowest BCUT2D eigenvalue weighted by Gasteiger charge is -2.10. The molecule has 0 N–H and O–H groups in total. The summed E-state index contributed by atoms with van der Waals surface area (Å²) in [6.07, 6.45) is 4.10. The lowest BCUT2D eigenvalue weighted by Crippen LogP contribution is -2.10. The van der Waals surface area contributed by atoms with Crippen molar-refractivity contribution in [3.8, 4) is 0 Å². The molecule has 0 saturated heterocycles. The first-order chi connectivity index (χ1) is 5.08. The van der Waals surface area contributed by atoms with Gasteiger partial charge in [0, 0.05) is 11.8 Å². The Kier molecular flexibility index (Phi) is 1.87. The third-order valence-corrected chi connectivity index (χ3v) is 2.91. The average Bonchev–Trinajstić information content (AvgIpc) is 2.50. The number of rotatable bonds is 4. The summed E-state index contributed by atoms with van der Waals surface area (Å²) in [5, 5.41) is 0. The van der Waals surface area contributed by atoms with Gasteiger partial charge in [-0.1, -0.05) is 13.8 Å². The number of hydrogen-bond acceptors (Lipinski definition) is 2. The Morgan fingerprint density at radius 1 is 1.36 bits per heavy atom. The van der Waals surface area contributed by atoms with Crippen LogP contribution in [0.5, 0.6) is 0 Å². The second kappa shape index (κ2) is 2.43. The molecule has 1 unspecified atom stereocenters. The molecule has 1 saturated carbocycles. The van der Waals surface area contributed by atoms with Gasteiger partial charge >= 0.3 is 0 Å². The zero-order chi connectivity index (χ0) is 8.54. The normalized spacial score (nSPS) is 32.9. The summed E-state index contributed by atoms with van der Waals surface area (Å²) >= 11 is 0. The topological polar surface area (TPSA) is 34.1 Å². The highest BCUT2D eigenvalue weighted by atomic mass is 16.1. The maximum Gasteiger partial charge on any atom is 0.126 e. The molecule has 0 radical (unpaired) electrons. The summed E-state index contributed by atoms with van der Waals surface area (Å²) < 4.78 is 0. The lowest BCUT2D eigenvalue weighted by molar-refractivity contribution is -0.114. The molecule has 11 heavy (non-hydrogen) atoms. The minimum atomic E-state index is -0.173. The lowest BCUT2D eigenvalue weighted by atomic mass is 9.93. The molecule has 0 aromatic carbocycles. The Balaban J connectivity index is 2.53. The molecule has 0 aromatic heterocycles. The van der Waals surface area contributed by atoms with Gasteiger partial charge in [0.2, 0.25) is 0 Å². The van der Waals surface area contributed by atoms with Crippen LogP contribution >= 0.6 is 0 Å². The highest BCUT2D eigenvalue weighted by Crippen LogP contribution is 2.64. The van der Waals surface area contributed by atoms with E-state index in [1.54, 1.807) is 0 Å². The molecule has 2 heteroatoms. The van der Waals surface area contributed by atoms with Crippen molar-refractivity contribution in [2.75, 3.05) is 0 Å². The second-order valence-corrected chi connectivity index (χ2v) is 4.04. The maximum absolute atomic E-state index is 10.7. The van der Waals surface area contributed by atoms with Crippen LogP contribution in [0.15, 0.2) is 0 Å². The van der Waals surface area contributed by atoms with E-state index < -0.39 is 0 Å². The predicted octanol–water partition coefficient (Wildman–Crippen LogP) is 1.58. The smallest absolute Gasteiger partial charge is 0.126 e. The van der Waals surface area contributed by atoms with Gasteiger partial charge in [0.25, 0.3) is 0 Å². The number of carbonyl (C=O) groups is 2. The Bertz CT molecular complexity index is 184. The molecule has 0 spiro atoms. The Morgan fingerprint density at radius 3 is 2.18 bits per heavy atom. The first-order valence-corrected chi connectivity index (χ1v) is 3.98. The van der Waals surface area contributed by atoms with Crippen LogP contribution in [0.2, 0.25) is 0 Å². The highest BCUT2D eigenvalue weighted by Gasteiger charge is 2.60. The van der Waals surface area contributed by atoms with Crippen molar-refractivity contribution in [2.45, 2.75) is 33.1 Å². The third-order valence-electron chi connectivity index (χ3n) is 2.91. The first kappa shape index (κ1) is 8.44. The highest BCUT2D eigenvalue weighted by molar-refractivity contribution is 5.67. The van der Waals surface area contributed by atoms with Crippen molar-refractivity contribution in [2.24, 2.45) is 10.8 Å². The summed E-state index contributed by atoms with van der Waals surface area (Å²) in [5.41, 5.74) is -0.0360. The molecule has 62 valence electrons. The van der Waals surface area contributed by atoms with Gasteiger partial charge in [-0.25, -0.2) is 0 Å². The molecule has 1 atom stereocenters. The fourth-order valence-corrected chi connectivity index (χ4v) is 1.75. The van der Waals surface area contributed by atoms with Gasteiger partial charge in [-0.05, 0) is 18.3 Å². The van der Waals surface area contributed by atoms with Crippen LogP contribution in [0.4, 0.5) is 0 Å². The van der Waals surface area contributed by atoms with Gasteiger partial charge in [-0.15, -0.1) is 0 Å². The van der Waals surface area contributed by atoms with Crippen molar-refractivity contribution in [3.05, 3.63) is 0 Å². The van der Waals surface area contributed by atoms with E-state index in [0.29, 0.717) is 6.42 Å². The molecule has 0 aromatic rings. The summed E-state index contributed by atoms with van der Waals surface area (Å²) in [5.74, 6) is 0. The number of aldehydes is 2. The van der Waals surface area contributed by atoms with Crippen LogP contribution in [-0.4, -0.2) is 12.6 Å². The van der Waals surface area contributed by atoms with Crippen LogP contribution in [0.1, 0.15) is 33.1 Å². The van der Waals surface area contributed by atoms with Gasteiger partial charge in [0.1, 0.15) is 12.6 Å². The molecule has 1 aliphatic rings. The predicted molar refractivity (Wildman–Crippen MR) is 42.2 cm³/mol. The van der Waals surface area contributed by atoms with E-state index in [4.69, 9.17) is 0 Å². The largest absolute Gasteiger partial charge is 0.303 e. The average molecular weight is 154 g/mol. The quantitative estimate of drug-likeness (QED) is 0.576. The zero-order valence-corrected chi connectivity index (χ0v) is 7.09. The van der Waals surface area contributed by atoms with E-state index in [2.05, 4.69) is 13.8 Å². The Labute approximate surface area is 67.0 Å². The summed E-state index contributed by atoms with van der Waals surface area (Å²) in [4.78, 5) is 20.8. The van der Waals surface area contributed by atoms with Crippen molar-refractivity contribution in [3.63, 3.8) is 0 Å². The molecule has 0 bridgehead atoms. The molecule has 0 amide bonds. The number of hydrogen-bond donors (Lipinski definition) is 0. The van der Waals surface area contributed by atoms with Crippen LogP contribution in [-0.2, 0) is 9.59 Å².